The van der Waals surface area contributed by atoms with Gasteiger partial charge in [-0.25, -0.2) is 9.37 Å². The topological polar surface area (TPSA) is 76.0 Å². The fourth-order valence-corrected chi connectivity index (χ4v) is 3.81. The number of benzene rings is 1. The normalized spacial score (nSPS) is 20.0. The van der Waals surface area contributed by atoms with Gasteiger partial charge in [0.05, 0.1) is 29.8 Å². The number of hydrogen-bond donors (Lipinski definition) is 1. The zero-order valence-electron chi connectivity index (χ0n) is 14.8. The number of amides is 1. The van der Waals surface area contributed by atoms with Gasteiger partial charge in [-0.3, -0.25) is 9.48 Å². The van der Waals surface area contributed by atoms with Crippen molar-refractivity contribution in [1.29, 1.82) is 0 Å². The standard InChI is InChI=1S/C19H20FN5O2/c20-12-4-5-14-15(9-12)22-18(21-14)16-10-13-11-24(6-7-25(13)23-16)19(26)17-3-1-2-8-27-17/h4-5,9-10,17H,1-3,6-8,11H2,(H,21,22)/t17-/m0/s1. The average molecular weight is 369 g/mol. The molecular weight excluding hydrogens is 349 g/mol. The lowest BCUT2D eigenvalue weighted by atomic mass is 10.1. The molecule has 8 heteroatoms. The molecule has 5 rings (SSSR count). The van der Waals surface area contributed by atoms with Gasteiger partial charge in [0.1, 0.15) is 17.6 Å². The Morgan fingerprint density at radius 3 is 3.04 bits per heavy atom. The molecule has 140 valence electrons. The van der Waals surface area contributed by atoms with Crippen molar-refractivity contribution in [3.8, 4) is 11.5 Å². The van der Waals surface area contributed by atoms with Crippen LogP contribution in [0.25, 0.3) is 22.6 Å². The van der Waals surface area contributed by atoms with Gasteiger partial charge in [0.2, 0.25) is 0 Å². The Morgan fingerprint density at radius 2 is 2.19 bits per heavy atom. The number of aromatic amines is 1. The fraction of sp³-hybridized carbons (Fsp3) is 0.421. The van der Waals surface area contributed by atoms with E-state index in [1.165, 1.54) is 12.1 Å². The molecule has 0 aliphatic carbocycles. The summed E-state index contributed by atoms with van der Waals surface area (Å²) < 4.78 is 20.9. The quantitative estimate of drug-likeness (QED) is 0.753. The zero-order chi connectivity index (χ0) is 18.4. The van der Waals surface area contributed by atoms with Crippen molar-refractivity contribution in [3.05, 3.63) is 35.8 Å². The van der Waals surface area contributed by atoms with E-state index < -0.39 is 0 Å². The predicted molar refractivity (Wildman–Crippen MR) is 96.3 cm³/mol. The first-order chi connectivity index (χ1) is 13.2. The van der Waals surface area contributed by atoms with E-state index in [-0.39, 0.29) is 17.8 Å². The maximum Gasteiger partial charge on any atom is 0.252 e. The molecule has 0 radical (unpaired) electrons. The van der Waals surface area contributed by atoms with Crippen LogP contribution in [0.2, 0.25) is 0 Å². The minimum Gasteiger partial charge on any atom is -0.368 e. The Morgan fingerprint density at radius 1 is 1.26 bits per heavy atom. The predicted octanol–water partition coefficient (Wildman–Crippen LogP) is 2.48. The molecule has 1 atom stereocenters. The molecule has 1 fully saturated rings. The monoisotopic (exact) mass is 369 g/mol. The smallest absolute Gasteiger partial charge is 0.252 e. The van der Waals surface area contributed by atoms with Gasteiger partial charge >= 0.3 is 0 Å². The third kappa shape index (κ3) is 2.99. The molecule has 1 saturated heterocycles. The maximum absolute atomic E-state index is 13.4. The van der Waals surface area contributed by atoms with E-state index in [4.69, 9.17) is 4.74 Å². The van der Waals surface area contributed by atoms with Gasteiger partial charge in [0.15, 0.2) is 5.82 Å². The lowest BCUT2D eigenvalue weighted by Gasteiger charge is -2.32. The highest BCUT2D eigenvalue weighted by Crippen LogP contribution is 2.24. The van der Waals surface area contributed by atoms with Gasteiger partial charge < -0.3 is 14.6 Å². The second kappa shape index (κ2) is 6.45. The number of halogens is 1. The second-order valence-electron chi connectivity index (χ2n) is 7.11. The molecule has 0 bridgehead atoms. The van der Waals surface area contributed by atoms with E-state index in [0.717, 1.165) is 25.0 Å². The Labute approximate surface area is 155 Å². The number of hydrogen-bond acceptors (Lipinski definition) is 4. The van der Waals surface area contributed by atoms with Crippen LogP contribution in [-0.2, 0) is 22.6 Å². The Bertz CT molecular complexity index is 1000. The van der Waals surface area contributed by atoms with Crippen LogP contribution in [-0.4, -0.2) is 49.8 Å². The summed E-state index contributed by atoms with van der Waals surface area (Å²) >= 11 is 0. The molecule has 27 heavy (non-hydrogen) atoms. The van der Waals surface area contributed by atoms with Crippen LogP contribution in [0.5, 0.6) is 0 Å². The first kappa shape index (κ1) is 16.4. The minimum atomic E-state index is -0.307. The summed E-state index contributed by atoms with van der Waals surface area (Å²) in [6, 6.07) is 6.40. The van der Waals surface area contributed by atoms with Crippen LogP contribution >= 0.6 is 0 Å². The summed E-state index contributed by atoms with van der Waals surface area (Å²) in [4.78, 5) is 22.2. The van der Waals surface area contributed by atoms with Crippen LogP contribution in [0.4, 0.5) is 4.39 Å². The molecule has 1 N–H and O–H groups in total. The number of H-pyrrole nitrogens is 1. The average Bonchev–Trinajstić information content (AvgIpc) is 3.30. The van der Waals surface area contributed by atoms with Crippen LogP contribution in [0.3, 0.4) is 0 Å². The Kier molecular flexibility index (Phi) is 3.93. The maximum atomic E-state index is 13.4. The highest BCUT2D eigenvalue weighted by Gasteiger charge is 2.30. The number of aromatic nitrogens is 4. The molecular formula is C19H20FN5O2. The van der Waals surface area contributed by atoms with Gasteiger partial charge in [-0.05, 0) is 43.5 Å². The van der Waals surface area contributed by atoms with Crippen molar-refractivity contribution in [2.45, 2.75) is 38.5 Å². The summed E-state index contributed by atoms with van der Waals surface area (Å²) in [5.41, 5.74) is 3.00. The molecule has 7 nitrogen and oxygen atoms in total. The van der Waals surface area contributed by atoms with Crippen LogP contribution in [0.15, 0.2) is 24.3 Å². The SMILES string of the molecule is O=C([C@@H]1CCCCO1)N1CCn2nc(-c3nc4ccc(F)cc4[nH]3)cc2C1. The molecule has 2 aliphatic heterocycles. The van der Waals surface area contributed by atoms with E-state index in [9.17, 15) is 9.18 Å². The molecule has 2 aromatic heterocycles. The summed E-state index contributed by atoms with van der Waals surface area (Å²) in [5.74, 6) is 0.370. The number of rotatable bonds is 2. The van der Waals surface area contributed by atoms with Crippen molar-refractivity contribution < 1.29 is 13.9 Å². The number of nitrogens with one attached hydrogen (secondary N) is 1. The number of fused-ring (bicyclic) bond motifs is 2. The first-order valence-electron chi connectivity index (χ1n) is 9.30. The molecule has 1 amide bonds. The van der Waals surface area contributed by atoms with Gasteiger partial charge in [-0.1, -0.05) is 0 Å². The molecule has 0 spiro atoms. The minimum absolute atomic E-state index is 0.0721. The van der Waals surface area contributed by atoms with Gasteiger partial charge in [-0.15, -0.1) is 0 Å². The molecule has 1 aromatic carbocycles. The van der Waals surface area contributed by atoms with E-state index >= 15 is 0 Å². The van der Waals surface area contributed by atoms with Crippen LogP contribution in [0.1, 0.15) is 25.0 Å². The summed E-state index contributed by atoms with van der Waals surface area (Å²) in [7, 11) is 0. The zero-order valence-corrected chi connectivity index (χ0v) is 14.8. The lowest BCUT2D eigenvalue weighted by molar-refractivity contribution is -0.148. The summed E-state index contributed by atoms with van der Waals surface area (Å²) in [6.07, 6.45) is 2.56. The number of imidazole rings is 1. The number of carbonyl (C=O) groups excluding carboxylic acids is 1. The van der Waals surface area contributed by atoms with Gasteiger partial charge in [0.25, 0.3) is 5.91 Å². The van der Waals surface area contributed by atoms with Crippen LogP contribution < -0.4 is 0 Å². The summed E-state index contributed by atoms with van der Waals surface area (Å²) in [5, 5.41) is 4.60. The van der Waals surface area contributed by atoms with E-state index in [0.29, 0.717) is 48.8 Å². The fourth-order valence-electron chi connectivity index (χ4n) is 3.81. The third-order valence-corrected chi connectivity index (χ3v) is 5.25. The Balaban J connectivity index is 1.38. The molecule has 0 saturated carbocycles. The number of ether oxygens (including phenoxy) is 1. The van der Waals surface area contributed by atoms with Crippen molar-refractivity contribution in [2.75, 3.05) is 13.2 Å². The third-order valence-electron chi connectivity index (χ3n) is 5.25. The molecule has 4 heterocycles. The van der Waals surface area contributed by atoms with Crippen molar-refractivity contribution in [3.63, 3.8) is 0 Å². The van der Waals surface area contributed by atoms with Crippen LogP contribution in [0, 0.1) is 5.82 Å². The van der Waals surface area contributed by atoms with E-state index in [2.05, 4.69) is 15.1 Å². The van der Waals surface area contributed by atoms with Gasteiger partial charge in [0, 0.05) is 13.2 Å². The first-order valence-corrected chi connectivity index (χ1v) is 9.30. The van der Waals surface area contributed by atoms with Gasteiger partial charge in [-0.2, -0.15) is 5.10 Å². The van der Waals surface area contributed by atoms with E-state index in [1.807, 2.05) is 15.6 Å². The summed E-state index contributed by atoms with van der Waals surface area (Å²) in [6.45, 7) is 2.44. The van der Waals surface area contributed by atoms with Crippen molar-refractivity contribution >= 4 is 16.9 Å². The highest BCUT2D eigenvalue weighted by atomic mass is 19.1. The number of nitrogens with zero attached hydrogens (tertiary/aromatic N) is 4. The second-order valence-corrected chi connectivity index (χ2v) is 7.11. The molecule has 3 aromatic rings. The highest BCUT2D eigenvalue weighted by molar-refractivity contribution is 5.81. The Hall–Kier alpha value is -2.74. The number of carbonyl (C=O) groups is 1. The molecule has 0 unspecified atom stereocenters. The van der Waals surface area contributed by atoms with E-state index in [1.54, 1.807) is 6.07 Å². The molecule has 2 aliphatic rings. The lowest BCUT2D eigenvalue weighted by Crippen LogP contribution is -2.45. The van der Waals surface area contributed by atoms with Crippen molar-refractivity contribution in [2.24, 2.45) is 0 Å². The van der Waals surface area contributed by atoms with Crippen molar-refractivity contribution in [1.82, 2.24) is 24.6 Å². The largest absolute Gasteiger partial charge is 0.368 e.